The van der Waals surface area contributed by atoms with Gasteiger partial charge in [0.2, 0.25) is 5.88 Å². The monoisotopic (exact) mass is 338 g/mol. The maximum absolute atomic E-state index is 12.2. The van der Waals surface area contributed by atoms with Crippen LogP contribution in [0.25, 0.3) is 17.1 Å². The molecule has 1 atom stereocenters. The van der Waals surface area contributed by atoms with Crippen molar-refractivity contribution >= 4 is 0 Å². The Balaban J connectivity index is 1.83. The van der Waals surface area contributed by atoms with Crippen molar-refractivity contribution in [1.29, 1.82) is 0 Å². The summed E-state index contributed by atoms with van der Waals surface area (Å²) in [7, 11) is 1.58. The zero-order valence-corrected chi connectivity index (χ0v) is 13.8. The summed E-state index contributed by atoms with van der Waals surface area (Å²) in [6.45, 7) is 1.16. The average Bonchev–Trinajstić information content (AvgIpc) is 3.33. The molecule has 7 heteroatoms. The van der Waals surface area contributed by atoms with Crippen molar-refractivity contribution in [2.45, 2.75) is 12.5 Å². The molecule has 0 saturated carbocycles. The van der Waals surface area contributed by atoms with Crippen molar-refractivity contribution in [2.24, 2.45) is 0 Å². The van der Waals surface area contributed by atoms with Gasteiger partial charge in [-0.25, -0.2) is 9.36 Å². The maximum atomic E-state index is 12.2. The normalized spacial score (nSPS) is 16.9. The molecule has 0 radical (unpaired) electrons. The zero-order chi connectivity index (χ0) is 17.2. The van der Waals surface area contributed by atoms with E-state index in [1.54, 1.807) is 17.9 Å². The Bertz CT molecular complexity index is 927. The molecule has 1 aliphatic heterocycles. The van der Waals surface area contributed by atoms with Crippen molar-refractivity contribution in [1.82, 2.24) is 19.6 Å². The molecule has 1 aromatic carbocycles. The van der Waals surface area contributed by atoms with Gasteiger partial charge in [-0.1, -0.05) is 18.2 Å². The summed E-state index contributed by atoms with van der Waals surface area (Å²) >= 11 is 0. The number of rotatable bonds is 4. The molecule has 0 spiro atoms. The van der Waals surface area contributed by atoms with E-state index < -0.39 is 0 Å². The highest BCUT2D eigenvalue weighted by Gasteiger charge is 2.21. The maximum Gasteiger partial charge on any atom is 0.267 e. The van der Waals surface area contributed by atoms with Crippen LogP contribution in [-0.2, 0) is 4.74 Å². The lowest BCUT2D eigenvalue weighted by molar-refractivity contribution is 0.183. The average molecular weight is 338 g/mol. The molecule has 25 heavy (non-hydrogen) atoms. The highest BCUT2D eigenvalue weighted by Crippen LogP contribution is 2.25. The fourth-order valence-electron chi connectivity index (χ4n) is 2.95. The highest BCUT2D eigenvalue weighted by atomic mass is 16.5. The van der Waals surface area contributed by atoms with Crippen LogP contribution < -0.4 is 10.3 Å². The van der Waals surface area contributed by atoms with Crippen molar-refractivity contribution in [3.05, 3.63) is 58.9 Å². The molecular weight excluding hydrogens is 320 g/mol. The number of nitrogens with zero attached hydrogens (tertiary/aromatic N) is 4. The summed E-state index contributed by atoms with van der Waals surface area (Å²) in [5.74, 6) is 0.489. The minimum absolute atomic E-state index is 0.0255. The molecule has 1 saturated heterocycles. The highest BCUT2D eigenvalue weighted by molar-refractivity contribution is 5.59. The second-order valence-corrected chi connectivity index (χ2v) is 5.84. The molecule has 0 aliphatic carbocycles. The Kier molecular flexibility index (Phi) is 4.07. The van der Waals surface area contributed by atoms with Gasteiger partial charge in [0, 0.05) is 18.7 Å². The summed E-state index contributed by atoms with van der Waals surface area (Å²) < 4.78 is 13.9. The van der Waals surface area contributed by atoms with E-state index >= 15 is 0 Å². The van der Waals surface area contributed by atoms with E-state index in [1.807, 2.05) is 36.4 Å². The second-order valence-electron chi connectivity index (χ2n) is 5.84. The lowest BCUT2D eigenvalue weighted by Crippen LogP contribution is -2.27. The summed E-state index contributed by atoms with van der Waals surface area (Å²) in [5.41, 5.74) is 2.18. The molecule has 3 aromatic rings. The second kappa shape index (κ2) is 6.52. The number of hydrogen-bond donors (Lipinski definition) is 0. The van der Waals surface area contributed by atoms with E-state index in [0.29, 0.717) is 24.8 Å². The first-order chi connectivity index (χ1) is 12.3. The van der Waals surface area contributed by atoms with Gasteiger partial charge in [-0.3, -0.25) is 4.79 Å². The largest absolute Gasteiger partial charge is 0.480 e. The zero-order valence-electron chi connectivity index (χ0n) is 13.8. The molecule has 7 nitrogen and oxygen atoms in total. The van der Waals surface area contributed by atoms with Crippen LogP contribution in [0.3, 0.4) is 0 Å². The number of hydrogen-bond acceptors (Lipinski definition) is 5. The molecule has 4 rings (SSSR count). The minimum atomic E-state index is -0.128. The smallest absolute Gasteiger partial charge is 0.267 e. The number of para-hydroxylation sites is 1. The standard InChI is InChI=1S/C18H18N4O3/c1-24-17-11-16(21(20-17)13-5-3-2-4-6-13)15-7-8-18(23)22(19-15)14-9-10-25-12-14/h2-8,11,14H,9-10,12H2,1H3. The molecule has 1 unspecified atom stereocenters. The summed E-state index contributed by atoms with van der Waals surface area (Å²) in [6, 6.07) is 14.8. The van der Waals surface area contributed by atoms with Crippen LogP contribution in [-0.4, -0.2) is 39.9 Å². The molecular formula is C18H18N4O3. The van der Waals surface area contributed by atoms with E-state index in [-0.39, 0.29) is 11.6 Å². The van der Waals surface area contributed by atoms with Crippen molar-refractivity contribution in [3.63, 3.8) is 0 Å². The molecule has 0 amide bonds. The molecule has 3 heterocycles. The lowest BCUT2D eigenvalue weighted by Gasteiger charge is -2.12. The van der Waals surface area contributed by atoms with E-state index in [9.17, 15) is 4.79 Å². The van der Waals surface area contributed by atoms with Crippen LogP contribution in [0, 0.1) is 0 Å². The number of methoxy groups -OCH3 is 1. The SMILES string of the molecule is COc1cc(-c2ccc(=O)n(C3CCOC3)n2)n(-c2ccccc2)n1. The third-order valence-corrected chi connectivity index (χ3v) is 4.24. The van der Waals surface area contributed by atoms with Crippen molar-refractivity contribution in [3.8, 4) is 23.0 Å². The summed E-state index contributed by atoms with van der Waals surface area (Å²) in [6.07, 6.45) is 0.789. The van der Waals surface area contributed by atoms with Gasteiger partial charge in [0.1, 0.15) is 5.69 Å². The molecule has 0 bridgehead atoms. The fraction of sp³-hybridized carbons (Fsp3) is 0.278. The summed E-state index contributed by atoms with van der Waals surface area (Å²) in [5, 5.41) is 9.03. The summed E-state index contributed by atoms with van der Waals surface area (Å²) in [4.78, 5) is 12.2. The first-order valence-electron chi connectivity index (χ1n) is 8.14. The van der Waals surface area contributed by atoms with Crippen molar-refractivity contribution in [2.75, 3.05) is 20.3 Å². The quantitative estimate of drug-likeness (QED) is 0.728. The van der Waals surface area contributed by atoms with Crippen LogP contribution in [0.2, 0.25) is 0 Å². The van der Waals surface area contributed by atoms with Crippen molar-refractivity contribution < 1.29 is 9.47 Å². The van der Waals surface area contributed by atoms with Gasteiger partial charge in [-0.2, -0.15) is 5.10 Å². The van der Waals surface area contributed by atoms with Crippen LogP contribution in [0.5, 0.6) is 5.88 Å². The Labute approximate surface area is 144 Å². The van der Waals surface area contributed by atoms with Gasteiger partial charge in [0.05, 0.1) is 31.1 Å². The van der Waals surface area contributed by atoms with E-state index in [2.05, 4.69) is 10.2 Å². The predicted octanol–water partition coefficient (Wildman–Crippen LogP) is 2.07. The van der Waals surface area contributed by atoms with Crippen LogP contribution in [0.4, 0.5) is 0 Å². The molecule has 0 N–H and O–H groups in total. The number of benzene rings is 1. The topological polar surface area (TPSA) is 71.2 Å². The van der Waals surface area contributed by atoms with Crippen LogP contribution >= 0.6 is 0 Å². The predicted molar refractivity (Wildman–Crippen MR) is 92.1 cm³/mol. The lowest BCUT2D eigenvalue weighted by atomic mass is 10.2. The molecule has 128 valence electrons. The van der Waals surface area contributed by atoms with Gasteiger partial charge < -0.3 is 9.47 Å². The molecule has 1 aliphatic rings. The van der Waals surface area contributed by atoms with E-state index in [1.165, 1.54) is 10.7 Å². The van der Waals surface area contributed by atoms with E-state index in [4.69, 9.17) is 9.47 Å². The van der Waals surface area contributed by atoms with Crippen LogP contribution in [0.15, 0.2) is 53.3 Å². The third kappa shape index (κ3) is 2.94. The van der Waals surface area contributed by atoms with Gasteiger partial charge in [0.25, 0.3) is 5.56 Å². The van der Waals surface area contributed by atoms with Gasteiger partial charge >= 0.3 is 0 Å². The Morgan fingerprint density at radius 1 is 1.16 bits per heavy atom. The van der Waals surface area contributed by atoms with Crippen LogP contribution in [0.1, 0.15) is 12.5 Å². The first kappa shape index (κ1) is 15.6. The Morgan fingerprint density at radius 3 is 2.72 bits per heavy atom. The fourth-order valence-corrected chi connectivity index (χ4v) is 2.95. The number of ether oxygens (including phenoxy) is 2. The van der Waals surface area contributed by atoms with E-state index in [0.717, 1.165) is 17.8 Å². The third-order valence-electron chi connectivity index (χ3n) is 4.24. The molecule has 2 aromatic heterocycles. The van der Waals surface area contributed by atoms with Gasteiger partial charge in [-0.15, -0.1) is 5.10 Å². The van der Waals surface area contributed by atoms with Gasteiger partial charge in [0.15, 0.2) is 0 Å². The Hall–Kier alpha value is -2.93. The van der Waals surface area contributed by atoms with Gasteiger partial charge in [-0.05, 0) is 24.6 Å². The Morgan fingerprint density at radius 2 is 2.00 bits per heavy atom. The number of aromatic nitrogens is 4. The molecule has 1 fully saturated rings. The first-order valence-corrected chi connectivity index (χ1v) is 8.14. The minimum Gasteiger partial charge on any atom is -0.480 e.